The summed E-state index contributed by atoms with van der Waals surface area (Å²) in [5.41, 5.74) is 0.968. The van der Waals surface area contributed by atoms with Crippen LogP contribution < -0.4 is 10.1 Å². The first-order valence-electron chi connectivity index (χ1n) is 7.61. The molecule has 2 aromatic rings. The number of likely N-dealkylation sites (tertiary alicyclic amines) is 1. The molecule has 0 aromatic heterocycles. The maximum atomic E-state index is 12.6. The van der Waals surface area contributed by atoms with Gasteiger partial charge in [0.05, 0.1) is 18.1 Å². The molecule has 120 valence electrons. The molecule has 2 aromatic carbocycles. The van der Waals surface area contributed by atoms with Crippen LogP contribution in [0.5, 0.6) is 5.75 Å². The molecule has 1 saturated heterocycles. The van der Waals surface area contributed by atoms with E-state index < -0.39 is 0 Å². The zero-order valence-corrected chi connectivity index (χ0v) is 13.7. The SMILES string of the molecule is CN[C@H](C(=O)N1CC(Oc2ccccc2Cl)C1)c1ccccc1. The molecular formula is C18H19ClN2O2. The van der Waals surface area contributed by atoms with E-state index in [2.05, 4.69) is 5.32 Å². The lowest BCUT2D eigenvalue weighted by atomic mass is 10.0. The third-order valence-electron chi connectivity index (χ3n) is 3.96. The molecule has 1 heterocycles. The average molecular weight is 331 g/mol. The summed E-state index contributed by atoms with van der Waals surface area (Å²) in [4.78, 5) is 14.4. The van der Waals surface area contributed by atoms with Crippen LogP contribution in [0.2, 0.25) is 5.02 Å². The van der Waals surface area contributed by atoms with E-state index in [4.69, 9.17) is 16.3 Å². The Balaban J connectivity index is 1.58. The van der Waals surface area contributed by atoms with E-state index in [1.54, 1.807) is 18.0 Å². The average Bonchev–Trinajstić information content (AvgIpc) is 2.53. The number of amides is 1. The number of halogens is 1. The van der Waals surface area contributed by atoms with Gasteiger partial charge in [-0.1, -0.05) is 54.1 Å². The van der Waals surface area contributed by atoms with Gasteiger partial charge in [0.15, 0.2) is 0 Å². The zero-order chi connectivity index (χ0) is 16.2. The van der Waals surface area contributed by atoms with E-state index in [0.29, 0.717) is 23.9 Å². The first kappa shape index (κ1) is 15.8. The van der Waals surface area contributed by atoms with Gasteiger partial charge in [-0.3, -0.25) is 4.79 Å². The van der Waals surface area contributed by atoms with E-state index in [9.17, 15) is 4.79 Å². The van der Waals surface area contributed by atoms with Crippen molar-refractivity contribution in [2.45, 2.75) is 12.1 Å². The van der Waals surface area contributed by atoms with Crippen molar-refractivity contribution in [1.82, 2.24) is 10.2 Å². The number of carbonyl (C=O) groups is 1. The lowest BCUT2D eigenvalue weighted by molar-refractivity contribution is -0.142. The van der Waals surface area contributed by atoms with Gasteiger partial charge in [0.1, 0.15) is 17.9 Å². The summed E-state index contributed by atoms with van der Waals surface area (Å²) in [6, 6.07) is 16.8. The van der Waals surface area contributed by atoms with Crippen molar-refractivity contribution in [2.24, 2.45) is 0 Å². The molecule has 1 amide bonds. The highest BCUT2D eigenvalue weighted by molar-refractivity contribution is 6.32. The zero-order valence-electron chi connectivity index (χ0n) is 12.9. The van der Waals surface area contributed by atoms with Gasteiger partial charge in [-0.25, -0.2) is 0 Å². The van der Waals surface area contributed by atoms with Crippen LogP contribution in [0.1, 0.15) is 11.6 Å². The van der Waals surface area contributed by atoms with E-state index in [-0.39, 0.29) is 18.1 Å². The van der Waals surface area contributed by atoms with Crippen LogP contribution in [-0.4, -0.2) is 37.0 Å². The summed E-state index contributed by atoms with van der Waals surface area (Å²) >= 11 is 6.09. The number of benzene rings is 2. The van der Waals surface area contributed by atoms with Crippen molar-refractivity contribution in [1.29, 1.82) is 0 Å². The monoisotopic (exact) mass is 330 g/mol. The van der Waals surface area contributed by atoms with Gasteiger partial charge in [0.2, 0.25) is 5.91 Å². The highest BCUT2D eigenvalue weighted by atomic mass is 35.5. The second-order valence-electron chi connectivity index (χ2n) is 5.55. The van der Waals surface area contributed by atoms with Crippen molar-refractivity contribution in [3.05, 3.63) is 65.2 Å². The van der Waals surface area contributed by atoms with Gasteiger partial charge in [0, 0.05) is 0 Å². The number of nitrogens with zero attached hydrogens (tertiary/aromatic N) is 1. The molecule has 0 spiro atoms. The lowest BCUT2D eigenvalue weighted by Gasteiger charge is -2.40. The Bertz CT molecular complexity index is 672. The highest BCUT2D eigenvalue weighted by Gasteiger charge is 2.36. The van der Waals surface area contributed by atoms with E-state index in [1.807, 2.05) is 48.5 Å². The Hall–Kier alpha value is -2.04. The van der Waals surface area contributed by atoms with Gasteiger partial charge in [-0.05, 0) is 24.7 Å². The van der Waals surface area contributed by atoms with Crippen LogP contribution >= 0.6 is 11.6 Å². The lowest BCUT2D eigenvalue weighted by Crippen LogP contribution is -2.58. The number of hydrogen-bond donors (Lipinski definition) is 1. The van der Waals surface area contributed by atoms with Crippen molar-refractivity contribution >= 4 is 17.5 Å². The van der Waals surface area contributed by atoms with Crippen LogP contribution in [-0.2, 0) is 4.79 Å². The second-order valence-corrected chi connectivity index (χ2v) is 5.95. The van der Waals surface area contributed by atoms with Gasteiger partial charge in [0.25, 0.3) is 0 Å². The van der Waals surface area contributed by atoms with Gasteiger partial charge in [-0.2, -0.15) is 0 Å². The van der Waals surface area contributed by atoms with Crippen LogP contribution in [0, 0.1) is 0 Å². The van der Waals surface area contributed by atoms with Crippen LogP contribution in [0.3, 0.4) is 0 Å². The molecule has 4 nitrogen and oxygen atoms in total. The molecular weight excluding hydrogens is 312 g/mol. The van der Waals surface area contributed by atoms with Crippen LogP contribution in [0.15, 0.2) is 54.6 Å². The molecule has 1 aliphatic heterocycles. The Morgan fingerprint density at radius 2 is 1.83 bits per heavy atom. The minimum absolute atomic E-state index is 0.00729. The molecule has 0 bridgehead atoms. The topological polar surface area (TPSA) is 41.6 Å². The molecule has 0 aliphatic carbocycles. The smallest absolute Gasteiger partial charge is 0.244 e. The van der Waals surface area contributed by atoms with E-state index in [0.717, 1.165) is 5.56 Å². The third kappa shape index (κ3) is 3.49. The molecule has 3 rings (SSSR count). The predicted molar refractivity (Wildman–Crippen MR) is 90.7 cm³/mol. The van der Waals surface area contributed by atoms with Crippen LogP contribution in [0.25, 0.3) is 0 Å². The number of nitrogens with one attached hydrogen (secondary N) is 1. The summed E-state index contributed by atoms with van der Waals surface area (Å²) in [5.74, 6) is 0.734. The largest absolute Gasteiger partial charge is 0.485 e. The van der Waals surface area contributed by atoms with Gasteiger partial charge in [-0.15, -0.1) is 0 Å². The maximum absolute atomic E-state index is 12.6. The fraction of sp³-hybridized carbons (Fsp3) is 0.278. The quantitative estimate of drug-likeness (QED) is 0.916. The highest BCUT2D eigenvalue weighted by Crippen LogP contribution is 2.27. The Labute approximate surface area is 141 Å². The molecule has 1 atom stereocenters. The molecule has 0 radical (unpaired) electrons. The van der Waals surface area contributed by atoms with Crippen molar-refractivity contribution in [2.75, 3.05) is 20.1 Å². The Kier molecular flexibility index (Phi) is 4.84. The molecule has 0 unspecified atom stereocenters. The van der Waals surface area contributed by atoms with E-state index in [1.165, 1.54) is 0 Å². The maximum Gasteiger partial charge on any atom is 0.244 e. The number of likely N-dealkylation sites (N-methyl/N-ethyl adjacent to an activating group) is 1. The number of carbonyl (C=O) groups excluding carboxylic acids is 1. The first-order valence-corrected chi connectivity index (χ1v) is 7.99. The Morgan fingerprint density at radius 3 is 2.48 bits per heavy atom. The molecule has 1 fully saturated rings. The standard InChI is InChI=1S/C18H19ClN2O2/c1-20-17(13-7-3-2-4-8-13)18(22)21-11-14(12-21)23-16-10-6-5-9-15(16)19/h2-10,14,17,20H,11-12H2,1H3/t17-/m0/s1. The fourth-order valence-electron chi connectivity index (χ4n) is 2.67. The fourth-order valence-corrected chi connectivity index (χ4v) is 2.85. The number of rotatable bonds is 5. The van der Waals surface area contributed by atoms with Crippen molar-refractivity contribution in [3.8, 4) is 5.75 Å². The number of ether oxygens (including phenoxy) is 1. The second kappa shape index (κ2) is 7.02. The van der Waals surface area contributed by atoms with Crippen molar-refractivity contribution < 1.29 is 9.53 Å². The predicted octanol–water partition coefficient (Wildman–Crippen LogP) is 2.89. The summed E-state index contributed by atoms with van der Waals surface area (Å²) in [6.45, 7) is 1.16. The summed E-state index contributed by atoms with van der Waals surface area (Å²) < 4.78 is 5.83. The van der Waals surface area contributed by atoms with Crippen molar-refractivity contribution in [3.63, 3.8) is 0 Å². The summed E-state index contributed by atoms with van der Waals surface area (Å²) in [5, 5.41) is 3.68. The minimum atomic E-state index is -0.322. The Morgan fingerprint density at radius 1 is 1.17 bits per heavy atom. The first-order chi connectivity index (χ1) is 11.2. The van der Waals surface area contributed by atoms with Gasteiger partial charge >= 0.3 is 0 Å². The van der Waals surface area contributed by atoms with Crippen LogP contribution in [0.4, 0.5) is 0 Å². The normalized spacial score (nSPS) is 15.8. The van der Waals surface area contributed by atoms with E-state index >= 15 is 0 Å². The summed E-state index contributed by atoms with van der Waals surface area (Å²) in [6.07, 6.45) is -0.00729. The third-order valence-corrected chi connectivity index (χ3v) is 4.27. The molecule has 23 heavy (non-hydrogen) atoms. The minimum Gasteiger partial charge on any atom is -0.485 e. The molecule has 1 aliphatic rings. The number of para-hydroxylation sites is 1. The molecule has 0 saturated carbocycles. The molecule has 1 N–H and O–H groups in total. The number of hydrogen-bond acceptors (Lipinski definition) is 3. The molecule has 5 heteroatoms. The summed E-state index contributed by atoms with van der Waals surface area (Å²) in [7, 11) is 1.80. The van der Waals surface area contributed by atoms with Gasteiger partial charge < -0.3 is 15.0 Å².